The van der Waals surface area contributed by atoms with Gasteiger partial charge in [0.15, 0.2) is 0 Å². The van der Waals surface area contributed by atoms with Crippen LogP contribution < -0.4 is 10.5 Å². The van der Waals surface area contributed by atoms with Crippen LogP contribution in [0.15, 0.2) is 43.0 Å². The monoisotopic (exact) mass is 325 g/mol. The van der Waals surface area contributed by atoms with E-state index in [1.807, 2.05) is 43.3 Å². The van der Waals surface area contributed by atoms with Gasteiger partial charge in [-0.15, -0.1) is 19.0 Å². The number of ether oxygens (including phenoxy) is 2. The van der Waals surface area contributed by atoms with Crippen LogP contribution in [0.1, 0.15) is 26.2 Å². The van der Waals surface area contributed by atoms with E-state index in [4.69, 9.17) is 15.2 Å². The maximum atomic E-state index is 11.9. The first-order valence-corrected chi connectivity index (χ1v) is 7.42. The van der Waals surface area contributed by atoms with E-state index in [9.17, 15) is 4.79 Å². The summed E-state index contributed by atoms with van der Waals surface area (Å²) in [6.07, 6.45) is 3.64. The first kappa shape index (κ1) is 18.5. The second-order valence-corrected chi connectivity index (χ2v) is 5.47. The number of hydrogen-bond donors (Lipinski definition) is 1. The standard InChI is InChI=1S/C17H23NO3.ClH/c1-3-13-8-7-11-15(18)17(19)20-12(2)16(13)21-14-9-5-4-6-10-14;/h3-6,9-10,12-13,15-16H,1,7-8,11,18H2,2H3;1H/t12-,13-,15-,16-;/m0./s1. The van der Waals surface area contributed by atoms with Crippen molar-refractivity contribution < 1.29 is 14.3 Å². The zero-order chi connectivity index (χ0) is 15.2. The molecule has 0 aromatic heterocycles. The number of para-hydroxylation sites is 1. The van der Waals surface area contributed by atoms with E-state index in [1.54, 1.807) is 0 Å². The Morgan fingerprint density at radius 3 is 2.64 bits per heavy atom. The number of nitrogens with two attached hydrogens (primary N) is 1. The molecule has 1 fully saturated rings. The van der Waals surface area contributed by atoms with Gasteiger partial charge in [-0.1, -0.05) is 30.7 Å². The van der Waals surface area contributed by atoms with Crippen LogP contribution in [0.25, 0.3) is 0 Å². The third-order valence-electron chi connectivity index (χ3n) is 3.86. The molecule has 0 unspecified atom stereocenters. The molecule has 1 saturated heterocycles. The van der Waals surface area contributed by atoms with Crippen molar-refractivity contribution in [3.8, 4) is 5.75 Å². The van der Waals surface area contributed by atoms with Gasteiger partial charge in [-0.2, -0.15) is 0 Å². The molecular formula is C17H24ClNO3. The number of carbonyl (C=O) groups excluding carboxylic acids is 1. The third kappa shape index (κ3) is 4.75. The van der Waals surface area contributed by atoms with Gasteiger partial charge < -0.3 is 15.2 Å². The minimum Gasteiger partial charge on any atom is -0.486 e. The lowest BCUT2D eigenvalue weighted by Crippen LogP contribution is -2.41. The molecule has 1 heterocycles. The molecule has 1 aliphatic heterocycles. The lowest BCUT2D eigenvalue weighted by atomic mass is 9.92. The van der Waals surface area contributed by atoms with Crippen molar-refractivity contribution in [3.63, 3.8) is 0 Å². The van der Waals surface area contributed by atoms with E-state index in [2.05, 4.69) is 6.58 Å². The lowest BCUT2D eigenvalue weighted by molar-refractivity contribution is -0.154. The molecule has 2 rings (SSSR count). The highest BCUT2D eigenvalue weighted by Gasteiger charge is 2.32. The molecule has 0 radical (unpaired) electrons. The van der Waals surface area contributed by atoms with Crippen LogP contribution in [0, 0.1) is 5.92 Å². The second-order valence-electron chi connectivity index (χ2n) is 5.47. The number of cyclic esters (lactones) is 1. The van der Waals surface area contributed by atoms with Gasteiger partial charge in [-0.05, 0) is 31.9 Å². The minimum absolute atomic E-state index is 0. The summed E-state index contributed by atoms with van der Waals surface area (Å²) in [5.74, 6) is 0.535. The van der Waals surface area contributed by atoms with E-state index in [0.29, 0.717) is 6.42 Å². The van der Waals surface area contributed by atoms with Crippen LogP contribution in [-0.2, 0) is 9.53 Å². The zero-order valence-electron chi connectivity index (χ0n) is 12.8. The van der Waals surface area contributed by atoms with Crippen LogP contribution in [0.2, 0.25) is 0 Å². The Hall–Kier alpha value is -1.52. The van der Waals surface area contributed by atoms with Crippen LogP contribution in [-0.4, -0.2) is 24.2 Å². The fraction of sp³-hybridized carbons (Fsp3) is 0.471. The Kier molecular flexibility index (Phi) is 7.42. The predicted octanol–water partition coefficient (Wildman–Crippen LogP) is 3.10. The quantitative estimate of drug-likeness (QED) is 0.685. The van der Waals surface area contributed by atoms with E-state index < -0.39 is 6.04 Å². The summed E-state index contributed by atoms with van der Waals surface area (Å²) in [7, 11) is 0. The number of rotatable bonds is 3. The van der Waals surface area contributed by atoms with Gasteiger partial charge in [-0.25, -0.2) is 0 Å². The third-order valence-corrected chi connectivity index (χ3v) is 3.86. The van der Waals surface area contributed by atoms with Gasteiger partial charge in [-0.3, -0.25) is 4.79 Å². The summed E-state index contributed by atoms with van der Waals surface area (Å²) in [4.78, 5) is 11.9. The zero-order valence-corrected chi connectivity index (χ0v) is 13.6. The normalized spacial score (nSPS) is 29.1. The molecular weight excluding hydrogens is 302 g/mol. The van der Waals surface area contributed by atoms with Crippen molar-refractivity contribution in [1.82, 2.24) is 0 Å². The Morgan fingerprint density at radius 2 is 2.00 bits per heavy atom. The Bertz CT molecular complexity index is 480. The Morgan fingerprint density at radius 1 is 1.32 bits per heavy atom. The van der Waals surface area contributed by atoms with E-state index in [0.717, 1.165) is 18.6 Å². The molecule has 1 aromatic carbocycles. The van der Waals surface area contributed by atoms with E-state index in [-0.39, 0.29) is 36.5 Å². The Labute approximate surface area is 138 Å². The van der Waals surface area contributed by atoms with Crippen molar-refractivity contribution >= 4 is 18.4 Å². The highest BCUT2D eigenvalue weighted by molar-refractivity contribution is 5.85. The van der Waals surface area contributed by atoms with E-state index >= 15 is 0 Å². The number of esters is 1. The number of carbonyl (C=O) groups is 1. The van der Waals surface area contributed by atoms with E-state index in [1.165, 1.54) is 0 Å². The van der Waals surface area contributed by atoms with Crippen LogP contribution in [0.4, 0.5) is 0 Å². The Balaban J connectivity index is 0.00000242. The molecule has 4 nitrogen and oxygen atoms in total. The van der Waals surface area contributed by atoms with Crippen molar-refractivity contribution in [3.05, 3.63) is 43.0 Å². The van der Waals surface area contributed by atoms with Crippen LogP contribution >= 0.6 is 12.4 Å². The van der Waals surface area contributed by atoms with Gasteiger partial charge in [0.05, 0.1) is 0 Å². The van der Waals surface area contributed by atoms with Crippen LogP contribution in [0.5, 0.6) is 5.75 Å². The fourth-order valence-electron chi connectivity index (χ4n) is 2.63. The van der Waals surface area contributed by atoms with Crippen molar-refractivity contribution in [1.29, 1.82) is 0 Å². The summed E-state index contributed by atoms with van der Waals surface area (Å²) < 4.78 is 11.5. The van der Waals surface area contributed by atoms with Crippen molar-refractivity contribution in [2.75, 3.05) is 0 Å². The highest BCUT2D eigenvalue weighted by Crippen LogP contribution is 2.26. The van der Waals surface area contributed by atoms with Crippen LogP contribution in [0.3, 0.4) is 0 Å². The SMILES string of the molecule is C=C[C@H]1CCC[C@H](N)C(=O)O[C@@H](C)[C@@H]1Oc1ccccc1.Cl. The molecule has 4 atom stereocenters. The summed E-state index contributed by atoms with van der Waals surface area (Å²) in [5, 5.41) is 0. The largest absolute Gasteiger partial charge is 0.486 e. The molecule has 0 spiro atoms. The molecule has 1 aromatic rings. The molecule has 2 N–H and O–H groups in total. The summed E-state index contributed by atoms with van der Waals surface area (Å²) >= 11 is 0. The first-order valence-electron chi connectivity index (χ1n) is 7.42. The second kappa shape index (κ2) is 8.81. The molecule has 5 heteroatoms. The summed E-state index contributed by atoms with van der Waals surface area (Å²) in [6.45, 7) is 5.75. The maximum absolute atomic E-state index is 11.9. The lowest BCUT2D eigenvalue weighted by Gasteiger charge is -2.29. The van der Waals surface area contributed by atoms with Crippen molar-refractivity contribution in [2.45, 2.75) is 44.4 Å². The number of halogens is 1. The summed E-state index contributed by atoms with van der Waals surface area (Å²) in [5.41, 5.74) is 5.82. The number of hydrogen-bond acceptors (Lipinski definition) is 4. The van der Waals surface area contributed by atoms with Gasteiger partial charge in [0.1, 0.15) is 24.0 Å². The summed E-state index contributed by atoms with van der Waals surface area (Å²) in [6, 6.07) is 9.01. The molecule has 1 aliphatic rings. The molecule has 0 saturated carbocycles. The molecule has 22 heavy (non-hydrogen) atoms. The predicted molar refractivity (Wildman–Crippen MR) is 89.2 cm³/mol. The van der Waals surface area contributed by atoms with Gasteiger partial charge >= 0.3 is 5.97 Å². The molecule has 0 bridgehead atoms. The average molecular weight is 326 g/mol. The fourth-order valence-corrected chi connectivity index (χ4v) is 2.63. The van der Waals surface area contributed by atoms with Crippen molar-refractivity contribution in [2.24, 2.45) is 11.7 Å². The topological polar surface area (TPSA) is 61.6 Å². The average Bonchev–Trinajstić information content (AvgIpc) is 2.54. The molecule has 122 valence electrons. The number of benzene rings is 1. The highest BCUT2D eigenvalue weighted by atomic mass is 35.5. The van der Waals surface area contributed by atoms with Gasteiger partial charge in [0, 0.05) is 5.92 Å². The minimum atomic E-state index is -0.548. The molecule has 0 aliphatic carbocycles. The van der Waals surface area contributed by atoms with Gasteiger partial charge in [0.2, 0.25) is 0 Å². The van der Waals surface area contributed by atoms with Gasteiger partial charge in [0.25, 0.3) is 0 Å². The molecule has 0 amide bonds. The maximum Gasteiger partial charge on any atom is 0.323 e. The first-order chi connectivity index (χ1) is 10.1. The smallest absolute Gasteiger partial charge is 0.323 e.